The largest absolute Gasteiger partial charge is 0.480 e. The third kappa shape index (κ3) is 6.38. The van der Waals surface area contributed by atoms with Gasteiger partial charge < -0.3 is 10.0 Å². The zero-order valence-electron chi connectivity index (χ0n) is 12.0. The van der Waals surface area contributed by atoms with Gasteiger partial charge in [0.2, 0.25) is 5.91 Å². The minimum Gasteiger partial charge on any atom is -0.480 e. The van der Waals surface area contributed by atoms with Crippen molar-refractivity contribution in [2.24, 2.45) is 5.92 Å². The third-order valence-corrected chi connectivity index (χ3v) is 4.18. The number of thioether (sulfide) groups is 1. The highest BCUT2D eigenvalue weighted by Crippen LogP contribution is 2.15. The van der Waals surface area contributed by atoms with Crippen molar-refractivity contribution in [2.75, 3.05) is 18.8 Å². The molecular weight excluding hydrogens is 296 g/mol. The van der Waals surface area contributed by atoms with Gasteiger partial charge in [0.15, 0.2) is 0 Å². The fraction of sp³-hybridized carbons (Fsp3) is 0.615. The molecule has 0 radical (unpaired) electrons. The van der Waals surface area contributed by atoms with Gasteiger partial charge in [0.05, 0.1) is 16.5 Å². The highest BCUT2D eigenvalue weighted by Gasteiger charge is 2.17. The average Bonchev–Trinajstić information content (AvgIpc) is 2.73. The number of hydrogen-bond donors (Lipinski definition) is 1. The van der Waals surface area contributed by atoms with Gasteiger partial charge in [-0.1, -0.05) is 13.8 Å². The van der Waals surface area contributed by atoms with Gasteiger partial charge in [0.1, 0.15) is 6.54 Å². The Balaban J connectivity index is 2.42. The lowest BCUT2D eigenvalue weighted by Crippen LogP contribution is -2.39. The van der Waals surface area contributed by atoms with E-state index >= 15 is 0 Å². The molecule has 0 atom stereocenters. The number of aryl methyl sites for hydroxylation is 1. The van der Waals surface area contributed by atoms with Crippen molar-refractivity contribution in [3.05, 3.63) is 16.1 Å². The molecule has 1 rings (SSSR count). The first-order valence-electron chi connectivity index (χ1n) is 6.36. The minimum absolute atomic E-state index is 0.127. The Morgan fingerprint density at radius 1 is 1.50 bits per heavy atom. The smallest absolute Gasteiger partial charge is 0.323 e. The molecule has 0 aliphatic rings. The molecular formula is C13H20N2O3S2. The molecule has 1 heterocycles. The molecule has 0 saturated heterocycles. The van der Waals surface area contributed by atoms with Crippen LogP contribution in [-0.4, -0.2) is 45.7 Å². The van der Waals surface area contributed by atoms with Crippen LogP contribution in [0.1, 0.15) is 24.5 Å². The summed E-state index contributed by atoms with van der Waals surface area (Å²) >= 11 is 3.06. The topological polar surface area (TPSA) is 70.5 Å². The van der Waals surface area contributed by atoms with E-state index in [1.165, 1.54) is 16.7 Å². The van der Waals surface area contributed by atoms with Crippen molar-refractivity contribution in [2.45, 2.75) is 26.5 Å². The van der Waals surface area contributed by atoms with Crippen molar-refractivity contribution < 1.29 is 14.7 Å². The second-order valence-corrected chi connectivity index (χ2v) is 6.96. The Morgan fingerprint density at radius 2 is 2.20 bits per heavy atom. The molecule has 0 spiro atoms. The third-order valence-electron chi connectivity index (χ3n) is 2.41. The Labute approximate surface area is 127 Å². The monoisotopic (exact) mass is 316 g/mol. The predicted octanol–water partition coefficient (Wildman–Crippen LogP) is 2.25. The van der Waals surface area contributed by atoms with Crippen LogP contribution in [0.15, 0.2) is 5.38 Å². The lowest BCUT2D eigenvalue weighted by Gasteiger charge is -2.22. The average molecular weight is 316 g/mol. The van der Waals surface area contributed by atoms with Crippen molar-refractivity contribution >= 4 is 35.0 Å². The number of amides is 1. The zero-order chi connectivity index (χ0) is 15.1. The highest BCUT2D eigenvalue weighted by molar-refractivity contribution is 7.99. The van der Waals surface area contributed by atoms with Crippen LogP contribution in [0.2, 0.25) is 0 Å². The predicted molar refractivity (Wildman–Crippen MR) is 82.1 cm³/mol. The van der Waals surface area contributed by atoms with Crippen LogP contribution >= 0.6 is 23.1 Å². The van der Waals surface area contributed by atoms with Crippen molar-refractivity contribution in [1.82, 2.24) is 9.88 Å². The Hall–Kier alpha value is -1.08. The SMILES string of the molecule is Cc1nc(CSCC(=O)N(CC(=O)O)CC(C)C)cs1. The first-order chi connectivity index (χ1) is 9.38. The number of rotatable bonds is 8. The molecule has 0 saturated carbocycles. The Bertz CT molecular complexity index is 460. The normalized spacial score (nSPS) is 10.8. The van der Waals surface area contributed by atoms with Gasteiger partial charge in [0.25, 0.3) is 0 Å². The van der Waals surface area contributed by atoms with Crippen LogP contribution in [0.25, 0.3) is 0 Å². The second-order valence-electron chi connectivity index (χ2n) is 4.91. The Kier molecular flexibility index (Phi) is 7.01. The van der Waals surface area contributed by atoms with E-state index in [2.05, 4.69) is 4.98 Å². The molecule has 1 aromatic heterocycles. The summed E-state index contributed by atoms with van der Waals surface area (Å²) in [6.07, 6.45) is 0. The molecule has 112 valence electrons. The van der Waals surface area contributed by atoms with E-state index in [0.29, 0.717) is 12.3 Å². The van der Waals surface area contributed by atoms with E-state index in [-0.39, 0.29) is 24.1 Å². The number of thiazole rings is 1. The number of nitrogens with zero attached hydrogens (tertiary/aromatic N) is 2. The zero-order valence-corrected chi connectivity index (χ0v) is 13.6. The molecule has 0 unspecified atom stereocenters. The maximum atomic E-state index is 12.0. The molecule has 0 aliphatic heterocycles. The van der Waals surface area contributed by atoms with Crippen molar-refractivity contribution in [3.8, 4) is 0 Å². The van der Waals surface area contributed by atoms with Gasteiger partial charge in [-0.05, 0) is 12.8 Å². The van der Waals surface area contributed by atoms with E-state index in [1.807, 2.05) is 26.2 Å². The summed E-state index contributed by atoms with van der Waals surface area (Å²) in [4.78, 5) is 28.6. The van der Waals surface area contributed by atoms with Gasteiger partial charge in [-0.15, -0.1) is 23.1 Å². The van der Waals surface area contributed by atoms with Crippen LogP contribution in [0.3, 0.4) is 0 Å². The molecule has 7 heteroatoms. The molecule has 0 bridgehead atoms. The van der Waals surface area contributed by atoms with Crippen molar-refractivity contribution in [3.63, 3.8) is 0 Å². The summed E-state index contributed by atoms with van der Waals surface area (Å²) < 4.78 is 0. The van der Waals surface area contributed by atoms with E-state index in [1.54, 1.807) is 11.3 Å². The molecule has 20 heavy (non-hydrogen) atoms. The molecule has 0 fully saturated rings. The number of carbonyl (C=O) groups is 2. The number of aliphatic carboxylic acids is 1. The highest BCUT2D eigenvalue weighted by atomic mass is 32.2. The van der Waals surface area contributed by atoms with Gasteiger partial charge in [-0.2, -0.15) is 0 Å². The number of carboxylic acids is 1. The van der Waals surface area contributed by atoms with Crippen LogP contribution in [0.4, 0.5) is 0 Å². The maximum absolute atomic E-state index is 12.0. The van der Waals surface area contributed by atoms with Crippen LogP contribution in [-0.2, 0) is 15.3 Å². The summed E-state index contributed by atoms with van der Waals surface area (Å²) in [5, 5.41) is 11.8. The number of carboxylic acid groups (broad SMARTS) is 1. The number of hydrogen-bond acceptors (Lipinski definition) is 5. The van der Waals surface area contributed by atoms with Crippen LogP contribution in [0, 0.1) is 12.8 Å². The molecule has 1 N–H and O–H groups in total. The van der Waals surface area contributed by atoms with E-state index in [0.717, 1.165) is 10.7 Å². The van der Waals surface area contributed by atoms with E-state index in [4.69, 9.17) is 5.11 Å². The fourth-order valence-electron chi connectivity index (χ4n) is 1.67. The van der Waals surface area contributed by atoms with Gasteiger partial charge in [0, 0.05) is 17.7 Å². The Morgan fingerprint density at radius 3 is 2.70 bits per heavy atom. The standard InChI is InChI=1S/C13H20N2O3S2/c1-9(2)4-15(5-13(17)18)12(16)8-19-6-11-7-20-10(3)14-11/h7,9H,4-6,8H2,1-3H3,(H,17,18). The molecule has 1 aromatic rings. The number of carbonyl (C=O) groups excluding carboxylic acids is 1. The molecule has 5 nitrogen and oxygen atoms in total. The fourth-order valence-corrected chi connectivity index (χ4v) is 3.20. The lowest BCUT2D eigenvalue weighted by molar-refractivity contribution is -0.143. The van der Waals surface area contributed by atoms with Crippen LogP contribution < -0.4 is 0 Å². The first-order valence-corrected chi connectivity index (χ1v) is 8.40. The summed E-state index contributed by atoms with van der Waals surface area (Å²) in [5.74, 6) is 0.122. The molecule has 0 aromatic carbocycles. The number of aromatic nitrogens is 1. The summed E-state index contributed by atoms with van der Waals surface area (Å²) in [7, 11) is 0. The second kappa shape index (κ2) is 8.26. The lowest BCUT2D eigenvalue weighted by atomic mass is 10.2. The quantitative estimate of drug-likeness (QED) is 0.796. The maximum Gasteiger partial charge on any atom is 0.323 e. The van der Waals surface area contributed by atoms with E-state index < -0.39 is 5.97 Å². The van der Waals surface area contributed by atoms with Gasteiger partial charge >= 0.3 is 5.97 Å². The molecule has 0 aliphatic carbocycles. The first kappa shape index (κ1) is 17.0. The van der Waals surface area contributed by atoms with E-state index in [9.17, 15) is 9.59 Å². The van der Waals surface area contributed by atoms with Gasteiger partial charge in [-0.25, -0.2) is 4.98 Å². The van der Waals surface area contributed by atoms with Crippen LogP contribution in [0.5, 0.6) is 0 Å². The summed E-state index contributed by atoms with van der Waals surface area (Å²) in [6.45, 7) is 6.12. The summed E-state index contributed by atoms with van der Waals surface area (Å²) in [6, 6.07) is 0. The summed E-state index contributed by atoms with van der Waals surface area (Å²) in [5.41, 5.74) is 0.971. The van der Waals surface area contributed by atoms with Gasteiger partial charge in [-0.3, -0.25) is 9.59 Å². The minimum atomic E-state index is -0.973. The molecule has 1 amide bonds. The van der Waals surface area contributed by atoms with Crippen molar-refractivity contribution in [1.29, 1.82) is 0 Å².